The van der Waals surface area contributed by atoms with Gasteiger partial charge >= 0.3 is 0 Å². The topological polar surface area (TPSA) is 45.1 Å². The molecule has 25 heavy (non-hydrogen) atoms. The molecule has 0 radical (unpaired) electrons. The number of likely N-dealkylation sites (N-methyl/N-ethyl adjacent to an activating group) is 1. The summed E-state index contributed by atoms with van der Waals surface area (Å²) in [5.74, 6) is -1.15. The minimum atomic E-state index is -0.662. The lowest BCUT2D eigenvalue weighted by molar-refractivity contribution is -0.883. The van der Waals surface area contributed by atoms with Crippen molar-refractivity contribution >= 4 is 23.6 Å². The van der Waals surface area contributed by atoms with E-state index in [9.17, 15) is 18.4 Å². The number of carbonyl (C=O) groups is 2. The molecular weight excluding hydrogens is 348 g/mol. The zero-order valence-electron chi connectivity index (χ0n) is 14.1. The highest BCUT2D eigenvalue weighted by Gasteiger charge is 2.35. The largest absolute Gasteiger partial charge is 0.334 e. The van der Waals surface area contributed by atoms with Crippen LogP contribution in [-0.2, 0) is 9.59 Å². The van der Waals surface area contributed by atoms with Gasteiger partial charge in [0.15, 0.2) is 0 Å². The Morgan fingerprint density at radius 3 is 2.72 bits per heavy atom. The third-order valence-corrected chi connectivity index (χ3v) is 5.97. The molecule has 0 bridgehead atoms. The van der Waals surface area contributed by atoms with Crippen LogP contribution >= 0.6 is 11.8 Å². The summed E-state index contributed by atoms with van der Waals surface area (Å²) in [5, 5.41) is -0.502. The molecule has 0 aliphatic carbocycles. The number of piperazine rings is 1. The fourth-order valence-corrected chi connectivity index (χ4v) is 4.41. The van der Waals surface area contributed by atoms with E-state index >= 15 is 0 Å². The van der Waals surface area contributed by atoms with Crippen LogP contribution in [0.15, 0.2) is 18.2 Å². The fraction of sp³-hybridized carbons (Fsp3) is 0.529. The molecule has 1 N–H and O–H groups in total. The summed E-state index contributed by atoms with van der Waals surface area (Å²) in [4.78, 5) is 29.3. The van der Waals surface area contributed by atoms with Gasteiger partial charge in [-0.1, -0.05) is 6.07 Å². The molecule has 1 atom stereocenters. The van der Waals surface area contributed by atoms with Gasteiger partial charge in [0, 0.05) is 24.6 Å². The molecule has 3 rings (SSSR count). The van der Waals surface area contributed by atoms with Gasteiger partial charge in [0.2, 0.25) is 11.8 Å². The number of halogens is 2. The number of hydrogen-bond acceptors (Lipinski definition) is 3. The smallest absolute Gasteiger partial charge is 0.233 e. The van der Waals surface area contributed by atoms with Crippen LogP contribution in [0.4, 0.5) is 8.78 Å². The van der Waals surface area contributed by atoms with Gasteiger partial charge in [0.1, 0.15) is 17.0 Å². The minimum absolute atomic E-state index is 0.0236. The van der Waals surface area contributed by atoms with Gasteiger partial charge in [-0.25, -0.2) is 8.78 Å². The predicted molar refractivity (Wildman–Crippen MR) is 91.1 cm³/mol. The molecule has 1 aromatic rings. The molecule has 2 aliphatic heterocycles. The van der Waals surface area contributed by atoms with Crippen molar-refractivity contribution in [2.75, 3.05) is 45.5 Å². The molecule has 2 fully saturated rings. The van der Waals surface area contributed by atoms with Gasteiger partial charge in [-0.15, -0.1) is 11.8 Å². The SMILES string of the molecule is C[NH+]1CCN(C(=O)CCN2C(=O)CS[C@@H]2c2ccc(F)cc2F)CC1. The zero-order chi connectivity index (χ0) is 18.0. The van der Waals surface area contributed by atoms with Crippen LogP contribution in [0.2, 0.25) is 0 Å². The van der Waals surface area contributed by atoms with E-state index in [0.717, 1.165) is 32.2 Å². The minimum Gasteiger partial charge on any atom is -0.334 e. The average Bonchev–Trinajstić information content (AvgIpc) is 2.94. The third kappa shape index (κ3) is 4.12. The Balaban J connectivity index is 1.63. The Morgan fingerprint density at radius 2 is 2.04 bits per heavy atom. The Labute approximate surface area is 149 Å². The van der Waals surface area contributed by atoms with Gasteiger partial charge in [0.05, 0.1) is 39.0 Å². The van der Waals surface area contributed by atoms with Crippen LogP contribution in [-0.4, -0.2) is 67.1 Å². The summed E-state index contributed by atoms with van der Waals surface area (Å²) >= 11 is 1.30. The summed E-state index contributed by atoms with van der Waals surface area (Å²) in [7, 11) is 2.10. The van der Waals surface area contributed by atoms with Crippen molar-refractivity contribution in [3.05, 3.63) is 35.4 Å². The van der Waals surface area contributed by atoms with Gasteiger partial charge in [-0.05, 0) is 6.07 Å². The molecular formula is C17H22F2N3O2S+. The van der Waals surface area contributed by atoms with Crippen LogP contribution in [0.5, 0.6) is 0 Å². The van der Waals surface area contributed by atoms with Crippen LogP contribution in [0, 0.1) is 11.6 Å². The Bertz CT molecular complexity index is 665. The van der Waals surface area contributed by atoms with Gasteiger partial charge < -0.3 is 14.7 Å². The average molecular weight is 370 g/mol. The van der Waals surface area contributed by atoms with E-state index in [2.05, 4.69) is 7.05 Å². The Hall–Kier alpha value is -1.67. The number of nitrogens with one attached hydrogen (secondary N) is 1. The maximum Gasteiger partial charge on any atom is 0.233 e. The standard InChI is InChI=1S/C17H21F2N3O2S/c1-20-6-8-21(9-7-20)15(23)4-5-22-16(24)11-25-17(22)13-3-2-12(18)10-14(13)19/h2-3,10,17H,4-9,11H2,1H3/p+1/t17-/m1/s1. The molecule has 2 aliphatic rings. The number of benzene rings is 1. The molecule has 1 aromatic carbocycles. The number of hydrogen-bond donors (Lipinski definition) is 1. The van der Waals surface area contributed by atoms with Crippen molar-refractivity contribution in [3.8, 4) is 0 Å². The molecule has 0 aromatic heterocycles. The first kappa shape index (κ1) is 18.1. The van der Waals surface area contributed by atoms with Gasteiger partial charge in [0.25, 0.3) is 0 Å². The van der Waals surface area contributed by atoms with Crippen molar-refractivity contribution in [3.63, 3.8) is 0 Å². The molecule has 2 heterocycles. The number of nitrogens with zero attached hydrogens (tertiary/aromatic N) is 2. The van der Waals surface area contributed by atoms with Crippen molar-refractivity contribution in [2.24, 2.45) is 0 Å². The van der Waals surface area contributed by atoms with Crippen LogP contribution in [0.1, 0.15) is 17.4 Å². The van der Waals surface area contributed by atoms with Crippen molar-refractivity contribution < 1.29 is 23.3 Å². The highest BCUT2D eigenvalue weighted by molar-refractivity contribution is 8.00. The fourth-order valence-electron chi connectivity index (χ4n) is 3.17. The Morgan fingerprint density at radius 1 is 1.32 bits per heavy atom. The monoisotopic (exact) mass is 370 g/mol. The van der Waals surface area contributed by atoms with E-state index in [-0.39, 0.29) is 36.1 Å². The number of thioether (sulfide) groups is 1. The van der Waals surface area contributed by atoms with E-state index in [0.29, 0.717) is 0 Å². The predicted octanol–water partition coefficient (Wildman–Crippen LogP) is 0.286. The molecule has 0 spiro atoms. The first-order chi connectivity index (χ1) is 12.0. The second-order valence-electron chi connectivity index (χ2n) is 6.50. The number of rotatable bonds is 4. The number of quaternary nitrogens is 1. The first-order valence-electron chi connectivity index (χ1n) is 8.41. The maximum absolute atomic E-state index is 14.1. The van der Waals surface area contributed by atoms with Crippen molar-refractivity contribution in [1.29, 1.82) is 0 Å². The van der Waals surface area contributed by atoms with E-state index < -0.39 is 17.0 Å². The zero-order valence-corrected chi connectivity index (χ0v) is 15.0. The van der Waals surface area contributed by atoms with Crippen molar-refractivity contribution in [1.82, 2.24) is 9.80 Å². The molecule has 2 saturated heterocycles. The second-order valence-corrected chi connectivity index (χ2v) is 7.57. The summed E-state index contributed by atoms with van der Waals surface area (Å²) in [6, 6.07) is 3.39. The summed E-state index contributed by atoms with van der Waals surface area (Å²) < 4.78 is 27.2. The van der Waals surface area contributed by atoms with Gasteiger partial charge in [-0.3, -0.25) is 9.59 Å². The van der Waals surface area contributed by atoms with E-state index in [1.165, 1.54) is 33.7 Å². The molecule has 136 valence electrons. The van der Waals surface area contributed by atoms with E-state index in [1.807, 2.05) is 4.90 Å². The highest BCUT2D eigenvalue weighted by atomic mass is 32.2. The summed E-state index contributed by atoms with van der Waals surface area (Å²) in [6.07, 6.45) is 0.227. The molecule has 0 unspecified atom stereocenters. The van der Waals surface area contributed by atoms with Crippen LogP contribution in [0.25, 0.3) is 0 Å². The van der Waals surface area contributed by atoms with Crippen LogP contribution in [0.3, 0.4) is 0 Å². The lowest BCUT2D eigenvalue weighted by atomic mass is 10.1. The van der Waals surface area contributed by atoms with Gasteiger partial charge in [-0.2, -0.15) is 0 Å². The quantitative estimate of drug-likeness (QED) is 0.829. The van der Waals surface area contributed by atoms with E-state index in [4.69, 9.17) is 0 Å². The first-order valence-corrected chi connectivity index (χ1v) is 9.45. The summed E-state index contributed by atoms with van der Waals surface area (Å²) in [5.41, 5.74) is 0.285. The highest BCUT2D eigenvalue weighted by Crippen LogP contribution is 2.39. The second kappa shape index (κ2) is 7.70. The van der Waals surface area contributed by atoms with Crippen LogP contribution < -0.4 is 4.90 Å². The maximum atomic E-state index is 14.1. The molecule has 8 heteroatoms. The lowest BCUT2D eigenvalue weighted by Gasteiger charge is -2.31. The van der Waals surface area contributed by atoms with Crippen molar-refractivity contribution in [2.45, 2.75) is 11.8 Å². The number of carbonyl (C=O) groups excluding carboxylic acids is 2. The lowest BCUT2D eigenvalue weighted by Crippen LogP contribution is -3.12. The Kier molecular flexibility index (Phi) is 5.58. The normalized spacial score (nSPS) is 21.9. The molecule has 0 saturated carbocycles. The summed E-state index contributed by atoms with van der Waals surface area (Å²) in [6.45, 7) is 3.55. The van der Waals surface area contributed by atoms with E-state index in [1.54, 1.807) is 0 Å². The molecule has 5 nitrogen and oxygen atoms in total. The molecule has 2 amide bonds. The third-order valence-electron chi connectivity index (χ3n) is 4.73. The number of amides is 2.